The zero-order valence-electron chi connectivity index (χ0n) is 10.8. The van der Waals surface area contributed by atoms with E-state index in [2.05, 4.69) is 33.2 Å². The monoisotopic (exact) mass is 328 g/mol. The number of aromatic nitrogens is 1. The topological polar surface area (TPSA) is 68.3 Å². The fourth-order valence-corrected chi connectivity index (χ4v) is 1.76. The Kier molecular flexibility index (Phi) is 7.10. The summed E-state index contributed by atoms with van der Waals surface area (Å²) in [7, 11) is 0. The molecule has 1 aromatic heterocycles. The summed E-state index contributed by atoms with van der Waals surface area (Å²) >= 11 is 3.21. The molecule has 5 nitrogen and oxygen atoms in total. The molecule has 1 amide bonds. The molecule has 1 rings (SSSR count). The molecule has 0 spiro atoms. The molecule has 1 heterocycles. The highest BCUT2D eigenvalue weighted by Gasteiger charge is 2.10. The zero-order valence-corrected chi connectivity index (χ0v) is 12.4. The van der Waals surface area contributed by atoms with Gasteiger partial charge >= 0.3 is 5.97 Å². The number of hydrogen-bond donors (Lipinski definition) is 1. The number of carbonyl (C=O) groups is 2. The van der Waals surface area contributed by atoms with Crippen LogP contribution in [0.2, 0.25) is 0 Å². The molecule has 1 N–H and O–H groups in total. The van der Waals surface area contributed by atoms with Crippen molar-refractivity contribution in [3.05, 3.63) is 28.5 Å². The molecule has 0 fully saturated rings. The lowest BCUT2D eigenvalue weighted by atomic mass is 10.2. The maximum absolute atomic E-state index is 11.6. The van der Waals surface area contributed by atoms with Crippen LogP contribution >= 0.6 is 15.9 Å². The number of amides is 1. The molecule has 0 radical (unpaired) electrons. The maximum atomic E-state index is 11.6. The Labute approximate surface area is 120 Å². The second-order valence-electron chi connectivity index (χ2n) is 4.03. The minimum Gasteiger partial charge on any atom is -0.452 e. The van der Waals surface area contributed by atoms with Gasteiger partial charge in [0.2, 0.25) is 0 Å². The van der Waals surface area contributed by atoms with Crippen molar-refractivity contribution in [2.75, 3.05) is 13.2 Å². The average Bonchev–Trinajstić information content (AvgIpc) is 2.41. The van der Waals surface area contributed by atoms with Crippen LogP contribution in [-0.2, 0) is 9.53 Å². The smallest absolute Gasteiger partial charge is 0.340 e. The maximum Gasteiger partial charge on any atom is 0.340 e. The van der Waals surface area contributed by atoms with Crippen LogP contribution in [0.25, 0.3) is 0 Å². The first-order valence-corrected chi connectivity index (χ1v) is 6.97. The summed E-state index contributed by atoms with van der Waals surface area (Å²) in [6, 6.07) is 1.59. The van der Waals surface area contributed by atoms with Gasteiger partial charge in [0.15, 0.2) is 6.61 Å². The molecule has 0 aromatic carbocycles. The second kappa shape index (κ2) is 8.63. The molecule has 6 heteroatoms. The van der Waals surface area contributed by atoms with Crippen molar-refractivity contribution in [2.45, 2.75) is 26.2 Å². The number of hydrogen-bond acceptors (Lipinski definition) is 4. The third-order valence-electron chi connectivity index (χ3n) is 2.38. The molecule has 0 aliphatic rings. The summed E-state index contributed by atoms with van der Waals surface area (Å²) in [5.74, 6) is -0.843. The summed E-state index contributed by atoms with van der Waals surface area (Å²) in [6.07, 6.45) is 6.07. The highest BCUT2D eigenvalue weighted by Crippen LogP contribution is 2.10. The number of esters is 1. The van der Waals surface area contributed by atoms with Gasteiger partial charge in [0.25, 0.3) is 5.91 Å². The van der Waals surface area contributed by atoms with Crippen LogP contribution < -0.4 is 5.32 Å². The fraction of sp³-hybridized carbons (Fsp3) is 0.462. The molecule has 0 saturated heterocycles. The van der Waals surface area contributed by atoms with Gasteiger partial charge in [0.1, 0.15) is 0 Å². The van der Waals surface area contributed by atoms with E-state index in [-0.39, 0.29) is 12.5 Å². The van der Waals surface area contributed by atoms with Crippen molar-refractivity contribution in [1.29, 1.82) is 0 Å². The first kappa shape index (κ1) is 15.6. The molecule has 0 bridgehead atoms. The van der Waals surface area contributed by atoms with Crippen LogP contribution in [0.5, 0.6) is 0 Å². The van der Waals surface area contributed by atoms with Gasteiger partial charge in [0, 0.05) is 23.4 Å². The van der Waals surface area contributed by atoms with Crippen LogP contribution in [0.4, 0.5) is 0 Å². The van der Waals surface area contributed by atoms with Crippen molar-refractivity contribution in [1.82, 2.24) is 10.3 Å². The standard InChI is InChI=1S/C13H17BrN2O3/c1-2-3-4-5-16-12(17)9-19-13(18)10-6-11(14)8-15-7-10/h6-8H,2-5,9H2,1H3,(H,16,17). The average molecular weight is 329 g/mol. The van der Waals surface area contributed by atoms with Crippen molar-refractivity contribution < 1.29 is 14.3 Å². The first-order valence-electron chi connectivity index (χ1n) is 6.18. The number of pyridine rings is 1. The molecule has 1 aromatic rings. The van der Waals surface area contributed by atoms with Crippen LogP contribution in [0.15, 0.2) is 22.9 Å². The predicted molar refractivity (Wildman–Crippen MR) is 74.8 cm³/mol. The highest BCUT2D eigenvalue weighted by molar-refractivity contribution is 9.10. The molecule has 0 aliphatic carbocycles. The van der Waals surface area contributed by atoms with E-state index in [1.807, 2.05) is 0 Å². The van der Waals surface area contributed by atoms with Crippen molar-refractivity contribution in [2.24, 2.45) is 0 Å². The lowest BCUT2D eigenvalue weighted by Crippen LogP contribution is -2.29. The lowest BCUT2D eigenvalue weighted by molar-refractivity contribution is -0.124. The van der Waals surface area contributed by atoms with E-state index in [9.17, 15) is 9.59 Å². The summed E-state index contributed by atoms with van der Waals surface area (Å²) < 4.78 is 5.58. The van der Waals surface area contributed by atoms with Crippen LogP contribution in [0, 0.1) is 0 Å². The molecule has 0 aliphatic heterocycles. The van der Waals surface area contributed by atoms with Crippen LogP contribution in [0.1, 0.15) is 36.5 Å². The van der Waals surface area contributed by atoms with Gasteiger partial charge in [-0.3, -0.25) is 9.78 Å². The number of halogens is 1. The number of ether oxygens (including phenoxy) is 1. The first-order chi connectivity index (χ1) is 9.13. The quantitative estimate of drug-likeness (QED) is 0.616. The van der Waals surface area contributed by atoms with E-state index >= 15 is 0 Å². The third-order valence-corrected chi connectivity index (χ3v) is 2.81. The largest absolute Gasteiger partial charge is 0.452 e. The molecular weight excluding hydrogens is 312 g/mol. The molecule has 104 valence electrons. The molecular formula is C13H17BrN2O3. The zero-order chi connectivity index (χ0) is 14.1. The summed E-state index contributed by atoms with van der Waals surface area (Å²) in [6.45, 7) is 2.44. The number of unbranched alkanes of at least 4 members (excludes halogenated alkanes) is 2. The summed E-state index contributed by atoms with van der Waals surface area (Å²) in [4.78, 5) is 26.9. The Morgan fingerprint density at radius 2 is 2.16 bits per heavy atom. The number of nitrogens with zero attached hydrogens (tertiary/aromatic N) is 1. The van der Waals surface area contributed by atoms with E-state index in [0.29, 0.717) is 16.6 Å². The third kappa shape index (κ3) is 6.33. The Hall–Kier alpha value is -1.43. The summed E-state index contributed by atoms with van der Waals surface area (Å²) in [5.41, 5.74) is 0.313. The van der Waals surface area contributed by atoms with Gasteiger partial charge in [-0.2, -0.15) is 0 Å². The Balaban J connectivity index is 2.28. The number of rotatable bonds is 7. The predicted octanol–water partition coefficient (Wildman–Crippen LogP) is 2.31. The minimum atomic E-state index is -0.558. The highest BCUT2D eigenvalue weighted by atomic mass is 79.9. The van der Waals surface area contributed by atoms with Crippen LogP contribution in [-0.4, -0.2) is 30.0 Å². The minimum absolute atomic E-state index is 0.266. The summed E-state index contributed by atoms with van der Waals surface area (Å²) in [5, 5.41) is 2.69. The lowest BCUT2D eigenvalue weighted by Gasteiger charge is -2.06. The SMILES string of the molecule is CCCCCNC(=O)COC(=O)c1cncc(Br)c1. The van der Waals surface area contributed by atoms with Gasteiger partial charge in [-0.1, -0.05) is 19.8 Å². The van der Waals surface area contributed by atoms with E-state index in [0.717, 1.165) is 19.3 Å². The van der Waals surface area contributed by atoms with Gasteiger partial charge in [-0.05, 0) is 28.4 Å². The molecule has 0 saturated carbocycles. The van der Waals surface area contributed by atoms with Crippen molar-refractivity contribution in [3.8, 4) is 0 Å². The second-order valence-corrected chi connectivity index (χ2v) is 4.94. The Bertz CT molecular complexity index is 438. The molecule has 0 unspecified atom stereocenters. The van der Waals surface area contributed by atoms with Gasteiger partial charge in [-0.25, -0.2) is 4.79 Å². The van der Waals surface area contributed by atoms with Crippen molar-refractivity contribution in [3.63, 3.8) is 0 Å². The normalized spacial score (nSPS) is 10.0. The fourth-order valence-electron chi connectivity index (χ4n) is 1.39. The van der Waals surface area contributed by atoms with E-state index < -0.39 is 5.97 Å². The van der Waals surface area contributed by atoms with Gasteiger partial charge in [-0.15, -0.1) is 0 Å². The van der Waals surface area contributed by atoms with E-state index in [1.54, 1.807) is 12.3 Å². The van der Waals surface area contributed by atoms with Crippen molar-refractivity contribution >= 4 is 27.8 Å². The number of nitrogens with one attached hydrogen (secondary N) is 1. The van der Waals surface area contributed by atoms with Gasteiger partial charge in [0.05, 0.1) is 5.56 Å². The van der Waals surface area contributed by atoms with Gasteiger partial charge < -0.3 is 10.1 Å². The molecule has 0 atom stereocenters. The molecule has 19 heavy (non-hydrogen) atoms. The van der Waals surface area contributed by atoms with E-state index in [4.69, 9.17) is 4.74 Å². The number of carbonyl (C=O) groups excluding carboxylic acids is 2. The van der Waals surface area contributed by atoms with Crippen LogP contribution in [0.3, 0.4) is 0 Å². The Morgan fingerprint density at radius 3 is 2.84 bits per heavy atom. The Morgan fingerprint density at radius 1 is 1.37 bits per heavy atom. The van der Waals surface area contributed by atoms with E-state index in [1.165, 1.54) is 6.20 Å².